The van der Waals surface area contributed by atoms with Crippen LogP contribution in [0.5, 0.6) is 0 Å². The smallest absolute Gasteiger partial charge is 0.184 e. The zero-order valence-corrected chi connectivity index (χ0v) is 12.9. The van der Waals surface area contributed by atoms with E-state index in [1.54, 1.807) is 11.3 Å². The number of benzene rings is 1. The molecule has 0 radical (unpaired) electrons. The van der Waals surface area contributed by atoms with Gasteiger partial charge in [-0.2, -0.15) is 0 Å². The van der Waals surface area contributed by atoms with Gasteiger partial charge >= 0.3 is 0 Å². The molecule has 0 bridgehead atoms. The Balaban J connectivity index is 1.81. The van der Waals surface area contributed by atoms with Crippen molar-refractivity contribution in [2.75, 3.05) is 5.32 Å². The minimum atomic E-state index is 0.560. The second-order valence-corrected chi connectivity index (χ2v) is 6.87. The number of halogens is 1. The van der Waals surface area contributed by atoms with Gasteiger partial charge < -0.3 is 5.32 Å². The third-order valence-electron chi connectivity index (χ3n) is 4.43. The average Bonchev–Trinajstić information content (AvgIpc) is 2.96. The highest BCUT2D eigenvalue weighted by Crippen LogP contribution is 2.38. The van der Waals surface area contributed by atoms with Gasteiger partial charge in [-0.1, -0.05) is 49.3 Å². The van der Waals surface area contributed by atoms with E-state index in [0.29, 0.717) is 6.04 Å². The molecule has 19 heavy (non-hydrogen) atoms. The highest BCUT2D eigenvalue weighted by molar-refractivity contribution is 7.22. The van der Waals surface area contributed by atoms with Gasteiger partial charge in [-0.15, -0.1) is 0 Å². The van der Waals surface area contributed by atoms with Crippen molar-refractivity contribution in [2.45, 2.75) is 39.2 Å². The molecule has 0 spiro atoms. The molecule has 0 aliphatic heterocycles. The van der Waals surface area contributed by atoms with Crippen LogP contribution >= 0.6 is 22.9 Å². The Bertz CT molecular complexity index is 581. The second kappa shape index (κ2) is 5.29. The molecule has 1 aliphatic carbocycles. The molecule has 1 fully saturated rings. The molecule has 3 unspecified atom stereocenters. The van der Waals surface area contributed by atoms with Gasteiger partial charge in [0.1, 0.15) is 0 Å². The summed E-state index contributed by atoms with van der Waals surface area (Å²) in [6.07, 6.45) is 3.87. The van der Waals surface area contributed by atoms with E-state index in [2.05, 4.69) is 24.1 Å². The van der Waals surface area contributed by atoms with Gasteiger partial charge in [-0.3, -0.25) is 0 Å². The molecule has 3 atom stereocenters. The second-order valence-electron chi connectivity index (χ2n) is 5.46. The zero-order chi connectivity index (χ0) is 13.4. The van der Waals surface area contributed by atoms with E-state index in [9.17, 15) is 0 Å². The van der Waals surface area contributed by atoms with E-state index < -0.39 is 0 Å². The van der Waals surface area contributed by atoms with Gasteiger partial charge in [0.25, 0.3) is 0 Å². The molecular formula is C15H19ClN2S. The monoisotopic (exact) mass is 294 g/mol. The Kier molecular flexibility index (Phi) is 3.68. The van der Waals surface area contributed by atoms with Crippen LogP contribution in [0.1, 0.15) is 33.1 Å². The molecule has 2 nitrogen and oxygen atoms in total. The summed E-state index contributed by atoms with van der Waals surface area (Å²) in [6.45, 7) is 4.65. The highest BCUT2D eigenvalue weighted by Gasteiger charge is 2.31. The van der Waals surface area contributed by atoms with Crippen LogP contribution < -0.4 is 5.32 Å². The molecule has 1 heterocycles. The average molecular weight is 295 g/mol. The van der Waals surface area contributed by atoms with Crippen LogP contribution in [-0.4, -0.2) is 11.0 Å². The maximum absolute atomic E-state index is 6.20. The van der Waals surface area contributed by atoms with Crippen molar-refractivity contribution in [3.05, 3.63) is 23.2 Å². The third kappa shape index (κ3) is 2.46. The lowest BCUT2D eigenvalue weighted by atomic mass is 9.94. The van der Waals surface area contributed by atoms with Crippen LogP contribution in [0.2, 0.25) is 5.02 Å². The number of anilines is 1. The van der Waals surface area contributed by atoms with Crippen LogP contribution in [0.15, 0.2) is 18.2 Å². The summed E-state index contributed by atoms with van der Waals surface area (Å²) in [5.41, 5.74) is 0.998. The lowest BCUT2D eigenvalue weighted by molar-refractivity contribution is 0.392. The third-order valence-corrected chi connectivity index (χ3v) is 5.89. The molecular weight excluding hydrogens is 276 g/mol. The van der Waals surface area contributed by atoms with Gasteiger partial charge in [0.15, 0.2) is 5.13 Å². The first-order chi connectivity index (χ1) is 9.19. The SMILES string of the molecule is CCC1CCC(Nc2nc3cccc(Cl)c3s2)C1C. The zero-order valence-electron chi connectivity index (χ0n) is 11.3. The molecule has 0 saturated heterocycles. The molecule has 4 heteroatoms. The number of aromatic nitrogens is 1. The molecule has 1 saturated carbocycles. The fraction of sp³-hybridized carbons (Fsp3) is 0.533. The minimum absolute atomic E-state index is 0.560. The Labute approximate surface area is 123 Å². The van der Waals surface area contributed by atoms with Crippen molar-refractivity contribution in [1.29, 1.82) is 0 Å². The first-order valence-corrected chi connectivity index (χ1v) is 8.20. The van der Waals surface area contributed by atoms with E-state index in [4.69, 9.17) is 11.6 Å². The summed E-state index contributed by atoms with van der Waals surface area (Å²) in [4.78, 5) is 4.65. The van der Waals surface area contributed by atoms with Crippen molar-refractivity contribution in [3.63, 3.8) is 0 Å². The maximum Gasteiger partial charge on any atom is 0.184 e. The Morgan fingerprint density at radius 3 is 2.95 bits per heavy atom. The van der Waals surface area contributed by atoms with Crippen molar-refractivity contribution < 1.29 is 0 Å². The van der Waals surface area contributed by atoms with Gasteiger partial charge in [-0.05, 0) is 36.8 Å². The van der Waals surface area contributed by atoms with Crippen LogP contribution in [0.4, 0.5) is 5.13 Å². The number of hydrogen-bond acceptors (Lipinski definition) is 3. The summed E-state index contributed by atoms with van der Waals surface area (Å²) in [6, 6.07) is 6.47. The molecule has 2 aromatic rings. The molecule has 1 aromatic carbocycles. The summed E-state index contributed by atoms with van der Waals surface area (Å²) >= 11 is 7.87. The predicted molar refractivity (Wildman–Crippen MR) is 84.2 cm³/mol. The van der Waals surface area contributed by atoms with Crippen LogP contribution in [0.3, 0.4) is 0 Å². The first-order valence-electron chi connectivity index (χ1n) is 7.00. The number of thiazole rings is 1. The number of hydrogen-bond donors (Lipinski definition) is 1. The number of fused-ring (bicyclic) bond motifs is 1. The topological polar surface area (TPSA) is 24.9 Å². The first kappa shape index (κ1) is 13.2. The highest BCUT2D eigenvalue weighted by atomic mass is 35.5. The molecule has 1 N–H and O–H groups in total. The largest absolute Gasteiger partial charge is 0.358 e. The van der Waals surface area contributed by atoms with Crippen LogP contribution in [-0.2, 0) is 0 Å². The number of nitrogens with one attached hydrogen (secondary N) is 1. The Hall–Kier alpha value is -0.800. The molecule has 1 aliphatic rings. The lowest BCUT2D eigenvalue weighted by Crippen LogP contribution is -2.24. The van der Waals surface area contributed by atoms with Crippen molar-refractivity contribution in [2.24, 2.45) is 11.8 Å². The molecule has 102 valence electrons. The predicted octanol–water partition coefficient (Wildman–Crippen LogP) is 5.19. The summed E-state index contributed by atoms with van der Waals surface area (Å²) in [5.74, 6) is 1.59. The normalized spacial score (nSPS) is 27.0. The van der Waals surface area contributed by atoms with E-state index in [1.807, 2.05) is 18.2 Å². The van der Waals surface area contributed by atoms with Crippen molar-refractivity contribution in [1.82, 2.24) is 4.98 Å². The van der Waals surface area contributed by atoms with E-state index >= 15 is 0 Å². The summed E-state index contributed by atoms with van der Waals surface area (Å²) in [5, 5.41) is 5.43. The quantitative estimate of drug-likeness (QED) is 0.843. The van der Waals surface area contributed by atoms with E-state index in [-0.39, 0.29) is 0 Å². The molecule has 0 amide bonds. The lowest BCUT2D eigenvalue weighted by Gasteiger charge is -2.20. The fourth-order valence-corrected chi connectivity index (χ4v) is 4.38. The van der Waals surface area contributed by atoms with Crippen LogP contribution in [0.25, 0.3) is 10.2 Å². The van der Waals surface area contributed by atoms with Gasteiger partial charge in [0.2, 0.25) is 0 Å². The summed E-state index contributed by atoms with van der Waals surface area (Å²) in [7, 11) is 0. The van der Waals surface area contributed by atoms with E-state index in [0.717, 1.165) is 32.2 Å². The van der Waals surface area contributed by atoms with Gasteiger partial charge in [0.05, 0.1) is 15.2 Å². The maximum atomic E-state index is 6.20. The Morgan fingerprint density at radius 1 is 1.42 bits per heavy atom. The molecule has 1 aromatic heterocycles. The van der Waals surface area contributed by atoms with Gasteiger partial charge in [0, 0.05) is 6.04 Å². The van der Waals surface area contributed by atoms with Gasteiger partial charge in [-0.25, -0.2) is 4.98 Å². The Morgan fingerprint density at radius 2 is 2.26 bits per heavy atom. The number of rotatable bonds is 3. The van der Waals surface area contributed by atoms with Crippen molar-refractivity contribution >= 4 is 38.3 Å². The summed E-state index contributed by atoms with van der Waals surface area (Å²) < 4.78 is 1.09. The van der Waals surface area contributed by atoms with E-state index in [1.165, 1.54) is 19.3 Å². The standard InChI is InChI=1S/C15H19ClN2S/c1-3-10-7-8-12(9(10)2)17-15-18-13-6-4-5-11(16)14(13)19-15/h4-6,9-10,12H,3,7-8H2,1-2H3,(H,17,18). The van der Waals surface area contributed by atoms with Crippen LogP contribution in [0, 0.1) is 11.8 Å². The minimum Gasteiger partial charge on any atom is -0.358 e. The number of nitrogens with zero attached hydrogens (tertiary/aromatic N) is 1. The molecule has 3 rings (SSSR count). The fourth-order valence-electron chi connectivity index (χ4n) is 3.16. The van der Waals surface area contributed by atoms with Crippen molar-refractivity contribution in [3.8, 4) is 0 Å².